The molecule has 2 rings (SSSR count). The summed E-state index contributed by atoms with van der Waals surface area (Å²) in [7, 11) is 0. The van der Waals surface area contributed by atoms with Gasteiger partial charge in [-0.15, -0.1) is 0 Å². The van der Waals surface area contributed by atoms with E-state index in [2.05, 4.69) is 21.1 Å². The molecule has 0 saturated heterocycles. The van der Waals surface area contributed by atoms with Gasteiger partial charge in [0.1, 0.15) is 5.82 Å². The zero-order chi connectivity index (χ0) is 10.8. The molecule has 0 atom stereocenters. The van der Waals surface area contributed by atoms with Crippen molar-refractivity contribution in [3.8, 4) is 11.3 Å². The summed E-state index contributed by atoms with van der Waals surface area (Å²) >= 11 is 3.26. The lowest BCUT2D eigenvalue weighted by Crippen LogP contribution is -1.94. The maximum atomic E-state index is 13.4. The Hall–Kier alpha value is -1.20. The van der Waals surface area contributed by atoms with E-state index in [-0.39, 0.29) is 12.4 Å². The molecule has 0 aliphatic heterocycles. The van der Waals surface area contributed by atoms with Gasteiger partial charge in [0.05, 0.1) is 11.3 Å². The Bertz CT molecular complexity index is 484. The van der Waals surface area contributed by atoms with Gasteiger partial charge in [0.25, 0.3) is 0 Å². The van der Waals surface area contributed by atoms with Crippen molar-refractivity contribution in [2.45, 2.75) is 6.54 Å². The standard InChI is InChI=1S/C10H8BrFN2O/c11-6-1-2-9(12)8(3-6)10-4-7(5-13)14-15-10/h1-4H,5,13H2. The Labute approximate surface area is 94.2 Å². The Balaban J connectivity index is 2.48. The monoisotopic (exact) mass is 270 g/mol. The molecule has 3 nitrogen and oxygen atoms in total. The van der Waals surface area contributed by atoms with Crippen molar-refractivity contribution < 1.29 is 8.91 Å². The molecule has 1 aromatic carbocycles. The highest BCUT2D eigenvalue weighted by Gasteiger charge is 2.11. The molecule has 0 amide bonds. The van der Waals surface area contributed by atoms with Crippen LogP contribution >= 0.6 is 15.9 Å². The summed E-state index contributed by atoms with van der Waals surface area (Å²) in [6.07, 6.45) is 0. The van der Waals surface area contributed by atoms with Gasteiger partial charge in [-0.1, -0.05) is 21.1 Å². The predicted molar refractivity (Wildman–Crippen MR) is 57.5 cm³/mol. The Morgan fingerprint density at radius 1 is 1.40 bits per heavy atom. The lowest BCUT2D eigenvalue weighted by atomic mass is 10.1. The van der Waals surface area contributed by atoms with Crippen LogP contribution in [-0.2, 0) is 6.54 Å². The Kier molecular flexibility index (Phi) is 2.83. The molecule has 1 heterocycles. The third-order valence-electron chi connectivity index (χ3n) is 1.96. The molecule has 2 N–H and O–H groups in total. The number of nitrogens with two attached hydrogens (primary N) is 1. The van der Waals surface area contributed by atoms with Crippen LogP contribution < -0.4 is 5.73 Å². The van der Waals surface area contributed by atoms with Crippen molar-refractivity contribution in [1.29, 1.82) is 0 Å². The molecular formula is C10H8BrFN2O. The molecule has 0 bridgehead atoms. The summed E-state index contributed by atoms with van der Waals surface area (Å²) < 4.78 is 19.2. The molecule has 0 radical (unpaired) electrons. The van der Waals surface area contributed by atoms with Crippen LogP contribution in [0.15, 0.2) is 33.3 Å². The topological polar surface area (TPSA) is 52.0 Å². The smallest absolute Gasteiger partial charge is 0.170 e. The third-order valence-corrected chi connectivity index (χ3v) is 2.46. The zero-order valence-corrected chi connectivity index (χ0v) is 9.29. The second-order valence-corrected chi connectivity index (χ2v) is 3.93. The number of hydrogen-bond acceptors (Lipinski definition) is 3. The Morgan fingerprint density at radius 2 is 2.20 bits per heavy atom. The van der Waals surface area contributed by atoms with Gasteiger partial charge in [-0.3, -0.25) is 0 Å². The first-order chi connectivity index (χ1) is 7.20. The number of hydrogen-bond donors (Lipinski definition) is 1. The van der Waals surface area contributed by atoms with E-state index in [1.165, 1.54) is 6.07 Å². The molecule has 1 aromatic heterocycles. The van der Waals surface area contributed by atoms with E-state index in [0.29, 0.717) is 17.0 Å². The van der Waals surface area contributed by atoms with E-state index in [9.17, 15) is 4.39 Å². The summed E-state index contributed by atoms with van der Waals surface area (Å²) in [5.41, 5.74) is 6.36. The van der Waals surface area contributed by atoms with Crippen LogP contribution in [-0.4, -0.2) is 5.16 Å². The van der Waals surface area contributed by atoms with E-state index in [1.807, 2.05) is 0 Å². The first kappa shape index (κ1) is 10.3. The van der Waals surface area contributed by atoms with E-state index in [4.69, 9.17) is 10.3 Å². The first-order valence-electron chi connectivity index (χ1n) is 4.32. The van der Waals surface area contributed by atoms with E-state index in [0.717, 1.165) is 4.47 Å². The highest BCUT2D eigenvalue weighted by atomic mass is 79.9. The second kappa shape index (κ2) is 4.12. The number of rotatable bonds is 2. The largest absolute Gasteiger partial charge is 0.356 e. The number of halogens is 2. The van der Waals surface area contributed by atoms with Gasteiger partial charge in [0, 0.05) is 17.1 Å². The number of aromatic nitrogens is 1. The summed E-state index contributed by atoms with van der Waals surface area (Å²) in [6.45, 7) is 0.277. The van der Waals surface area contributed by atoms with Crippen molar-refractivity contribution in [1.82, 2.24) is 5.16 Å². The Morgan fingerprint density at radius 3 is 2.87 bits per heavy atom. The predicted octanol–water partition coefficient (Wildman–Crippen LogP) is 2.70. The average molecular weight is 271 g/mol. The molecule has 0 aliphatic carbocycles. The van der Waals surface area contributed by atoms with Crippen LogP contribution in [0.4, 0.5) is 4.39 Å². The van der Waals surface area contributed by atoms with Gasteiger partial charge in [-0.05, 0) is 18.2 Å². The highest BCUT2D eigenvalue weighted by Crippen LogP contribution is 2.26. The van der Waals surface area contributed by atoms with Crippen molar-refractivity contribution >= 4 is 15.9 Å². The fraction of sp³-hybridized carbons (Fsp3) is 0.100. The normalized spacial score (nSPS) is 10.6. The molecule has 0 fully saturated rings. The van der Waals surface area contributed by atoms with Crippen LogP contribution in [0, 0.1) is 5.82 Å². The van der Waals surface area contributed by atoms with Crippen molar-refractivity contribution in [3.05, 3.63) is 40.2 Å². The minimum absolute atomic E-state index is 0.277. The van der Waals surface area contributed by atoms with E-state index in [1.54, 1.807) is 18.2 Å². The maximum Gasteiger partial charge on any atom is 0.170 e. The van der Waals surface area contributed by atoms with Crippen LogP contribution in [0.25, 0.3) is 11.3 Å². The van der Waals surface area contributed by atoms with Gasteiger partial charge >= 0.3 is 0 Å². The zero-order valence-electron chi connectivity index (χ0n) is 7.71. The minimum Gasteiger partial charge on any atom is -0.356 e. The van der Waals surface area contributed by atoms with Crippen LogP contribution in [0.3, 0.4) is 0 Å². The molecule has 5 heteroatoms. The molecule has 2 aromatic rings. The maximum absolute atomic E-state index is 13.4. The van der Waals surface area contributed by atoms with Crippen molar-refractivity contribution in [2.24, 2.45) is 5.73 Å². The molecule has 0 unspecified atom stereocenters. The molecule has 15 heavy (non-hydrogen) atoms. The van der Waals surface area contributed by atoms with Gasteiger partial charge in [0.15, 0.2) is 5.76 Å². The molecular weight excluding hydrogens is 263 g/mol. The second-order valence-electron chi connectivity index (χ2n) is 3.01. The molecule has 0 aliphatic rings. The fourth-order valence-corrected chi connectivity index (χ4v) is 1.58. The van der Waals surface area contributed by atoms with Gasteiger partial charge in [-0.25, -0.2) is 4.39 Å². The summed E-state index contributed by atoms with van der Waals surface area (Å²) in [6, 6.07) is 6.25. The van der Waals surface area contributed by atoms with Gasteiger partial charge in [0.2, 0.25) is 0 Å². The quantitative estimate of drug-likeness (QED) is 0.913. The van der Waals surface area contributed by atoms with Crippen LogP contribution in [0.1, 0.15) is 5.69 Å². The average Bonchev–Trinajstić information content (AvgIpc) is 2.70. The SMILES string of the molecule is NCc1cc(-c2cc(Br)ccc2F)on1. The molecule has 0 spiro atoms. The molecule has 78 valence electrons. The van der Waals surface area contributed by atoms with Crippen molar-refractivity contribution in [3.63, 3.8) is 0 Å². The third kappa shape index (κ3) is 2.08. The summed E-state index contributed by atoms with van der Waals surface area (Å²) in [5, 5.41) is 3.70. The van der Waals surface area contributed by atoms with E-state index >= 15 is 0 Å². The van der Waals surface area contributed by atoms with Crippen molar-refractivity contribution in [2.75, 3.05) is 0 Å². The fourth-order valence-electron chi connectivity index (χ4n) is 1.22. The van der Waals surface area contributed by atoms with Crippen LogP contribution in [0.5, 0.6) is 0 Å². The van der Waals surface area contributed by atoms with Crippen LogP contribution in [0.2, 0.25) is 0 Å². The number of benzene rings is 1. The highest BCUT2D eigenvalue weighted by molar-refractivity contribution is 9.10. The summed E-state index contributed by atoms with van der Waals surface area (Å²) in [5.74, 6) is 0.0344. The first-order valence-corrected chi connectivity index (χ1v) is 5.11. The lowest BCUT2D eigenvalue weighted by Gasteiger charge is -1.98. The minimum atomic E-state index is -0.349. The van der Waals surface area contributed by atoms with E-state index < -0.39 is 0 Å². The molecule has 0 saturated carbocycles. The lowest BCUT2D eigenvalue weighted by molar-refractivity contribution is 0.421. The summed E-state index contributed by atoms with van der Waals surface area (Å²) in [4.78, 5) is 0. The van der Waals surface area contributed by atoms with Gasteiger partial charge < -0.3 is 10.3 Å². The van der Waals surface area contributed by atoms with Gasteiger partial charge in [-0.2, -0.15) is 0 Å². The number of nitrogens with zero attached hydrogens (tertiary/aromatic N) is 1.